The predicted molar refractivity (Wildman–Crippen MR) is 81.3 cm³/mol. The summed E-state index contributed by atoms with van der Waals surface area (Å²) in [5.41, 5.74) is -0.565. The zero-order chi connectivity index (χ0) is 18.0. The van der Waals surface area contributed by atoms with Gasteiger partial charge >= 0.3 is 12.3 Å². The summed E-state index contributed by atoms with van der Waals surface area (Å²) in [6.45, 7) is 5.86. The monoisotopic (exact) mass is 348 g/mol. The molecule has 1 aliphatic heterocycles. The van der Waals surface area contributed by atoms with Crippen LogP contribution >= 0.6 is 0 Å². The summed E-state index contributed by atoms with van der Waals surface area (Å²) in [5.74, 6) is 0.366. The van der Waals surface area contributed by atoms with Crippen molar-refractivity contribution in [3.8, 4) is 0 Å². The number of imidazole rings is 1. The van der Waals surface area contributed by atoms with Crippen molar-refractivity contribution in [2.24, 2.45) is 0 Å². The Bertz CT molecular complexity index is 566. The Kier molecular flexibility index (Phi) is 5.42. The van der Waals surface area contributed by atoms with Crippen molar-refractivity contribution in [2.75, 3.05) is 13.1 Å². The number of likely N-dealkylation sites (tertiary alicyclic amines) is 1. The molecule has 0 unspecified atom stereocenters. The third-order valence-corrected chi connectivity index (χ3v) is 3.51. The smallest absolute Gasteiger partial charge is 0.407 e. The Balaban J connectivity index is 1.84. The van der Waals surface area contributed by atoms with E-state index in [4.69, 9.17) is 4.74 Å². The first-order chi connectivity index (χ1) is 11.0. The van der Waals surface area contributed by atoms with Crippen molar-refractivity contribution < 1.29 is 22.7 Å². The van der Waals surface area contributed by atoms with Crippen LogP contribution in [0.5, 0.6) is 0 Å². The van der Waals surface area contributed by atoms with Crippen LogP contribution in [0.1, 0.15) is 33.0 Å². The fraction of sp³-hybridized carbons (Fsp3) is 0.733. The van der Waals surface area contributed by atoms with Crippen molar-refractivity contribution >= 4 is 6.09 Å². The third-order valence-electron chi connectivity index (χ3n) is 3.51. The van der Waals surface area contributed by atoms with Gasteiger partial charge in [0.15, 0.2) is 0 Å². The van der Waals surface area contributed by atoms with E-state index in [2.05, 4.69) is 10.3 Å². The largest absolute Gasteiger partial charge is 0.444 e. The molecule has 1 saturated heterocycles. The minimum atomic E-state index is -4.28. The second-order valence-corrected chi connectivity index (χ2v) is 6.95. The number of aromatic nitrogens is 2. The number of nitrogens with one attached hydrogen (secondary N) is 1. The number of alkyl halides is 3. The first-order valence-corrected chi connectivity index (χ1v) is 7.80. The van der Waals surface area contributed by atoms with E-state index in [1.165, 1.54) is 12.4 Å². The maximum atomic E-state index is 12.5. The van der Waals surface area contributed by atoms with Gasteiger partial charge in [-0.1, -0.05) is 0 Å². The normalized spacial score (nSPS) is 19.5. The fourth-order valence-corrected chi connectivity index (χ4v) is 2.60. The zero-order valence-corrected chi connectivity index (χ0v) is 14.1. The van der Waals surface area contributed by atoms with Gasteiger partial charge in [-0.2, -0.15) is 13.2 Å². The van der Waals surface area contributed by atoms with Gasteiger partial charge in [0, 0.05) is 31.5 Å². The van der Waals surface area contributed by atoms with Crippen LogP contribution in [-0.2, 0) is 17.8 Å². The number of carbonyl (C=O) groups excluding carboxylic acids is 1. The summed E-state index contributed by atoms with van der Waals surface area (Å²) >= 11 is 0. The van der Waals surface area contributed by atoms with Crippen LogP contribution in [0.15, 0.2) is 12.4 Å². The molecule has 0 bridgehead atoms. The Morgan fingerprint density at radius 2 is 2.12 bits per heavy atom. The summed E-state index contributed by atoms with van der Waals surface area (Å²) in [5, 5.41) is 2.79. The Morgan fingerprint density at radius 1 is 1.42 bits per heavy atom. The lowest BCUT2D eigenvalue weighted by Gasteiger charge is -2.22. The molecule has 136 valence electrons. The number of alkyl carbamates (subject to hydrolysis) is 1. The van der Waals surface area contributed by atoms with Gasteiger partial charge in [-0.3, -0.25) is 4.90 Å². The molecule has 2 rings (SSSR count). The molecular weight excluding hydrogens is 325 g/mol. The first kappa shape index (κ1) is 18.6. The summed E-state index contributed by atoms with van der Waals surface area (Å²) in [6, 6.07) is -0.0779. The van der Waals surface area contributed by atoms with Crippen LogP contribution in [0.25, 0.3) is 0 Å². The van der Waals surface area contributed by atoms with Crippen LogP contribution in [0.2, 0.25) is 0 Å². The van der Waals surface area contributed by atoms with E-state index in [1.807, 2.05) is 4.90 Å². The molecule has 2 heterocycles. The maximum absolute atomic E-state index is 12.5. The number of ether oxygens (including phenoxy) is 1. The minimum absolute atomic E-state index is 0.0779. The number of hydrogen-bond donors (Lipinski definition) is 1. The van der Waals surface area contributed by atoms with E-state index in [-0.39, 0.29) is 6.04 Å². The minimum Gasteiger partial charge on any atom is -0.444 e. The highest BCUT2D eigenvalue weighted by Crippen LogP contribution is 2.20. The summed E-state index contributed by atoms with van der Waals surface area (Å²) in [4.78, 5) is 17.7. The average molecular weight is 348 g/mol. The molecule has 9 heteroatoms. The van der Waals surface area contributed by atoms with E-state index in [1.54, 1.807) is 20.8 Å². The maximum Gasteiger partial charge on any atom is 0.407 e. The van der Waals surface area contributed by atoms with E-state index >= 15 is 0 Å². The average Bonchev–Trinajstić information content (AvgIpc) is 2.96. The van der Waals surface area contributed by atoms with Gasteiger partial charge in [-0.05, 0) is 27.2 Å². The number of rotatable bonds is 4. The lowest BCUT2D eigenvalue weighted by Crippen LogP contribution is -2.40. The van der Waals surface area contributed by atoms with Crippen molar-refractivity contribution in [1.82, 2.24) is 19.8 Å². The van der Waals surface area contributed by atoms with Gasteiger partial charge in [0.05, 0.1) is 6.54 Å². The topological polar surface area (TPSA) is 59.4 Å². The predicted octanol–water partition coefficient (Wildman–Crippen LogP) is 2.54. The lowest BCUT2D eigenvalue weighted by molar-refractivity contribution is -0.141. The highest BCUT2D eigenvalue weighted by atomic mass is 19.4. The molecule has 0 radical (unpaired) electrons. The number of carbonyl (C=O) groups is 1. The highest BCUT2D eigenvalue weighted by molar-refractivity contribution is 5.68. The number of nitrogens with zero attached hydrogens (tertiary/aromatic N) is 3. The van der Waals surface area contributed by atoms with Crippen molar-refractivity contribution in [3.63, 3.8) is 0 Å². The van der Waals surface area contributed by atoms with Crippen molar-refractivity contribution in [2.45, 2.75) is 58.1 Å². The van der Waals surface area contributed by atoms with E-state index in [0.717, 1.165) is 11.0 Å². The van der Waals surface area contributed by atoms with Gasteiger partial charge in [0.2, 0.25) is 0 Å². The Labute approximate surface area is 139 Å². The molecule has 1 atom stereocenters. The molecule has 1 N–H and O–H groups in total. The lowest BCUT2D eigenvalue weighted by atomic mass is 10.2. The molecule has 0 aliphatic carbocycles. The molecule has 0 spiro atoms. The fourth-order valence-electron chi connectivity index (χ4n) is 2.60. The van der Waals surface area contributed by atoms with Crippen LogP contribution in [0.4, 0.5) is 18.0 Å². The quantitative estimate of drug-likeness (QED) is 0.908. The summed E-state index contributed by atoms with van der Waals surface area (Å²) in [7, 11) is 0. The molecule has 1 aromatic rings. The van der Waals surface area contributed by atoms with Gasteiger partial charge in [0.1, 0.15) is 18.0 Å². The second kappa shape index (κ2) is 7.00. The molecule has 6 nitrogen and oxygen atoms in total. The highest BCUT2D eigenvalue weighted by Gasteiger charge is 2.30. The summed E-state index contributed by atoms with van der Waals surface area (Å²) in [6.07, 6.45) is -1.34. The first-order valence-electron chi connectivity index (χ1n) is 7.80. The zero-order valence-electron chi connectivity index (χ0n) is 14.1. The second-order valence-electron chi connectivity index (χ2n) is 6.95. The van der Waals surface area contributed by atoms with E-state index in [0.29, 0.717) is 25.5 Å². The molecule has 1 aliphatic rings. The standard InChI is InChI=1S/C15H23F3N4O2/c1-14(2,3)24-13(23)20-11-4-6-21(8-11)9-12-19-5-7-22(12)10-15(16,17)18/h5,7,11H,4,6,8-10H2,1-3H3,(H,20,23)/t11-/m0/s1. The Hall–Kier alpha value is -1.77. The van der Waals surface area contributed by atoms with Gasteiger partial charge in [-0.15, -0.1) is 0 Å². The Morgan fingerprint density at radius 3 is 2.75 bits per heavy atom. The number of amides is 1. The molecule has 1 aromatic heterocycles. The molecule has 24 heavy (non-hydrogen) atoms. The molecular formula is C15H23F3N4O2. The van der Waals surface area contributed by atoms with Crippen molar-refractivity contribution in [1.29, 1.82) is 0 Å². The summed E-state index contributed by atoms with van der Waals surface area (Å²) < 4.78 is 43.9. The third kappa shape index (κ3) is 6.03. The van der Waals surface area contributed by atoms with Crippen LogP contribution in [-0.4, -0.2) is 51.5 Å². The molecule has 1 fully saturated rings. The molecule has 0 saturated carbocycles. The van der Waals surface area contributed by atoms with Crippen LogP contribution < -0.4 is 5.32 Å². The van der Waals surface area contributed by atoms with Gasteiger partial charge in [-0.25, -0.2) is 9.78 Å². The number of halogens is 3. The molecule has 1 amide bonds. The number of hydrogen-bond acceptors (Lipinski definition) is 4. The van der Waals surface area contributed by atoms with Gasteiger partial charge < -0.3 is 14.6 Å². The van der Waals surface area contributed by atoms with Gasteiger partial charge in [0.25, 0.3) is 0 Å². The van der Waals surface area contributed by atoms with Crippen LogP contribution in [0.3, 0.4) is 0 Å². The molecule has 0 aromatic carbocycles. The SMILES string of the molecule is CC(C)(C)OC(=O)N[C@H]1CCN(Cc2nccn2CC(F)(F)F)C1. The van der Waals surface area contributed by atoms with E-state index in [9.17, 15) is 18.0 Å². The van der Waals surface area contributed by atoms with Crippen LogP contribution in [0, 0.1) is 0 Å². The van der Waals surface area contributed by atoms with Crippen molar-refractivity contribution in [3.05, 3.63) is 18.2 Å². The van der Waals surface area contributed by atoms with E-state index < -0.39 is 24.4 Å².